The maximum Gasteiger partial charge on any atom is 0.255 e. The van der Waals surface area contributed by atoms with E-state index in [1.807, 2.05) is 30.0 Å². The molecule has 7 heteroatoms. The zero-order chi connectivity index (χ0) is 22.2. The number of rotatable bonds is 5. The second-order valence-corrected chi connectivity index (χ2v) is 8.77. The van der Waals surface area contributed by atoms with Gasteiger partial charge in [0, 0.05) is 30.1 Å². The summed E-state index contributed by atoms with van der Waals surface area (Å²) in [5.41, 5.74) is 2.35. The molecule has 1 saturated carbocycles. The first-order valence-electron chi connectivity index (χ1n) is 11.0. The van der Waals surface area contributed by atoms with Crippen molar-refractivity contribution in [3.05, 3.63) is 71.9 Å². The average molecular weight is 432 g/mol. The molecule has 2 bridgehead atoms. The Morgan fingerprint density at radius 3 is 2.66 bits per heavy atom. The van der Waals surface area contributed by atoms with Crippen LogP contribution < -0.4 is 4.74 Å². The summed E-state index contributed by atoms with van der Waals surface area (Å²) in [4.78, 5) is 28.7. The monoisotopic (exact) mass is 432 g/mol. The minimum atomic E-state index is -0.406. The summed E-state index contributed by atoms with van der Waals surface area (Å²) in [6, 6.07) is 10.5. The fraction of sp³-hybridized carbons (Fsp3) is 0.360. The van der Waals surface area contributed by atoms with Gasteiger partial charge in [-0.15, -0.1) is 0 Å². The predicted molar refractivity (Wildman–Crippen MR) is 118 cm³/mol. The van der Waals surface area contributed by atoms with Gasteiger partial charge in [0.2, 0.25) is 5.88 Å². The molecule has 0 radical (unpaired) electrons. The van der Waals surface area contributed by atoms with Crippen LogP contribution in [0, 0.1) is 24.6 Å². The molecule has 164 valence electrons. The van der Waals surface area contributed by atoms with Crippen molar-refractivity contribution in [1.29, 1.82) is 0 Å². The Hall–Kier alpha value is -3.35. The molecule has 1 aromatic carbocycles. The summed E-state index contributed by atoms with van der Waals surface area (Å²) >= 11 is 0. The number of piperidine rings is 2. The molecule has 3 aromatic rings. The van der Waals surface area contributed by atoms with Crippen molar-refractivity contribution in [2.24, 2.45) is 11.8 Å². The van der Waals surface area contributed by atoms with Crippen LogP contribution in [0.3, 0.4) is 0 Å². The van der Waals surface area contributed by atoms with Crippen LogP contribution in [0.15, 0.2) is 55.0 Å². The van der Waals surface area contributed by atoms with E-state index >= 15 is 0 Å². The lowest BCUT2D eigenvalue weighted by Gasteiger charge is -2.57. The number of aryl methyl sites for hydroxylation is 1. The highest BCUT2D eigenvalue weighted by Gasteiger charge is 2.51. The molecule has 32 heavy (non-hydrogen) atoms. The van der Waals surface area contributed by atoms with E-state index in [4.69, 9.17) is 4.74 Å². The summed E-state index contributed by atoms with van der Waals surface area (Å²) < 4.78 is 19.1. The molecule has 6 nitrogen and oxygen atoms in total. The second-order valence-electron chi connectivity index (χ2n) is 8.77. The molecule has 1 amide bonds. The van der Waals surface area contributed by atoms with Gasteiger partial charge in [-0.2, -0.15) is 0 Å². The van der Waals surface area contributed by atoms with E-state index in [0.717, 1.165) is 30.2 Å². The number of ether oxygens (including phenoxy) is 1. The smallest absolute Gasteiger partial charge is 0.255 e. The van der Waals surface area contributed by atoms with E-state index in [2.05, 4.69) is 21.9 Å². The van der Waals surface area contributed by atoms with Crippen LogP contribution in [0.2, 0.25) is 0 Å². The van der Waals surface area contributed by atoms with E-state index in [-0.39, 0.29) is 18.0 Å². The number of carbonyl (C=O) groups excluding carboxylic acids is 1. The highest BCUT2D eigenvalue weighted by Crippen LogP contribution is 2.47. The molecular weight excluding hydrogens is 407 g/mol. The normalized spacial score (nSPS) is 24.0. The number of pyridine rings is 1. The summed E-state index contributed by atoms with van der Waals surface area (Å²) in [6.07, 6.45) is 6.53. The largest absolute Gasteiger partial charge is 0.475 e. The third-order valence-corrected chi connectivity index (χ3v) is 6.80. The predicted octanol–water partition coefficient (Wildman–Crippen LogP) is 4.30. The van der Waals surface area contributed by atoms with Gasteiger partial charge in [0.25, 0.3) is 5.91 Å². The first-order chi connectivity index (χ1) is 15.5. The van der Waals surface area contributed by atoms with Gasteiger partial charge in [0.05, 0.1) is 17.8 Å². The van der Waals surface area contributed by atoms with E-state index in [9.17, 15) is 9.18 Å². The van der Waals surface area contributed by atoms with Crippen LogP contribution in [0.1, 0.15) is 35.7 Å². The van der Waals surface area contributed by atoms with Gasteiger partial charge >= 0.3 is 0 Å². The molecule has 2 aromatic heterocycles. The average Bonchev–Trinajstić information content (AvgIpc) is 2.78. The Balaban J connectivity index is 1.46. The molecule has 0 spiro atoms. The first-order valence-corrected chi connectivity index (χ1v) is 11.0. The topological polar surface area (TPSA) is 68.2 Å². The molecule has 3 aliphatic rings. The van der Waals surface area contributed by atoms with Crippen LogP contribution in [0.25, 0.3) is 11.4 Å². The van der Waals surface area contributed by atoms with Crippen molar-refractivity contribution in [3.63, 3.8) is 0 Å². The van der Waals surface area contributed by atoms with E-state index in [1.165, 1.54) is 12.1 Å². The summed E-state index contributed by atoms with van der Waals surface area (Å²) in [5.74, 6) is 1.36. The van der Waals surface area contributed by atoms with Crippen molar-refractivity contribution in [1.82, 2.24) is 19.9 Å². The Labute approximate surface area is 186 Å². The van der Waals surface area contributed by atoms with Crippen molar-refractivity contribution >= 4 is 5.91 Å². The maximum atomic E-state index is 13.9. The van der Waals surface area contributed by atoms with Crippen molar-refractivity contribution in [3.8, 4) is 17.3 Å². The summed E-state index contributed by atoms with van der Waals surface area (Å²) in [7, 11) is 0. The molecule has 0 N–H and O–H groups in total. The Morgan fingerprint density at radius 1 is 1.16 bits per heavy atom. The second kappa shape index (κ2) is 8.30. The molecular formula is C25H25FN4O2. The van der Waals surface area contributed by atoms with Gasteiger partial charge in [-0.1, -0.05) is 24.6 Å². The van der Waals surface area contributed by atoms with Gasteiger partial charge < -0.3 is 9.64 Å². The van der Waals surface area contributed by atoms with Gasteiger partial charge in [0.1, 0.15) is 12.4 Å². The van der Waals surface area contributed by atoms with Crippen LogP contribution >= 0.6 is 0 Å². The van der Waals surface area contributed by atoms with Crippen molar-refractivity contribution < 1.29 is 13.9 Å². The minimum Gasteiger partial charge on any atom is -0.475 e. The van der Waals surface area contributed by atoms with E-state index in [1.54, 1.807) is 18.5 Å². The zero-order valence-corrected chi connectivity index (χ0v) is 18.1. The van der Waals surface area contributed by atoms with Gasteiger partial charge in [-0.25, -0.2) is 19.3 Å². The molecule has 2 atom stereocenters. The summed E-state index contributed by atoms with van der Waals surface area (Å²) in [6.45, 7) is 4.48. The van der Waals surface area contributed by atoms with Crippen LogP contribution in [-0.4, -0.2) is 44.4 Å². The number of benzene rings is 1. The molecule has 3 fully saturated rings. The third kappa shape index (κ3) is 3.72. The Morgan fingerprint density at radius 2 is 1.94 bits per heavy atom. The number of carbonyl (C=O) groups is 1. The standard InChI is InChI=1S/C25H25FN4O2/c1-15-4-6-20(24-27-8-3-9-28-24)21(10-15)25(31)30-19-11-17(12-19)16(2)22(30)14-32-23-7-5-18(26)13-29-23/h3-10,13,16-17,19,22H,11-12,14H2,1-2H3/t16-,17?,19?,22-/m0/s1. The van der Waals surface area contributed by atoms with Gasteiger partial charge in [-0.3, -0.25) is 4.79 Å². The maximum absolute atomic E-state index is 13.9. The Bertz CT molecular complexity index is 1120. The quantitative estimate of drug-likeness (QED) is 0.601. The molecule has 1 aliphatic carbocycles. The van der Waals surface area contributed by atoms with Crippen molar-refractivity contribution in [2.75, 3.05) is 6.61 Å². The lowest BCUT2D eigenvalue weighted by Crippen LogP contribution is -2.64. The number of fused-ring (bicyclic) bond motifs is 2. The number of aromatic nitrogens is 3. The molecule has 2 saturated heterocycles. The number of halogens is 1. The molecule has 4 heterocycles. The number of nitrogens with zero attached hydrogens (tertiary/aromatic N) is 4. The lowest BCUT2D eigenvalue weighted by molar-refractivity contribution is -0.0674. The lowest BCUT2D eigenvalue weighted by atomic mass is 9.64. The van der Waals surface area contributed by atoms with E-state index < -0.39 is 5.82 Å². The fourth-order valence-corrected chi connectivity index (χ4v) is 4.90. The highest BCUT2D eigenvalue weighted by atomic mass is 19.1. The number of hydrogen-bond donors (Lipinski definition) is 0. The van der Waals surface area contributed by atoms with Crippen LogP contribution in [0.5, 0.6) is 5.88 Å². The molecule has 2 aliphatic heterocycles. The zero-order valence-electron chi connectivity index (χ0n) is 18.1. The molecule has 0 unspecified atom stereocenters. The van der Waals surface area contributed by atoms with E-state index in [0.29, 0.717) is 35.7 Å². The summed E-state index contributed by atoms with van der Waals surface area (Å²) in [5, 5.41) is 0. The molecule has 6 rings (SSSR count). The Kier molecular flexibility index (Phi) is 5.33. The first kappa shape index (κ1) is 20.5. The number of amides is 1. The van der Waals surface area contributed by atoms with Crippen LogP contribution in [0.4, 0.5) is 4.39 Å². The number of hydrogen-bond acceptors (Lipinski definition) is 5. The van der Waals surface area contributed by atoms with Gasteiger partial charge in [0.15, 0.2) is 5.82 Å². The SMILES string of the molecule is Cc1ccc(-c2ncccn2)c(C(=O)N2C3CC(C3)[C@H](C)[C@@H]2COc2ccc(F)cn2)c1. The van der Waals surface area contributed by atoms with Crippen molar-refractivity contribution in [2.45, 2.75) is 38.8 Å². The minimum absolute atomic E-state index is 0.0215. The third-order valence-electron chi connectivity index (χ3n) is 6.80. The van der Waals surface area contributed by atoms with Gasteiger partial charge in [-0.05, 0) is 49.8 Å². The fourth-order valence-electron chi connectivity index (χ4n) is 4.90. The van der Waals surface area contributed by atoms with Crippen LogP contribution in [-0.2, 0) is 0 Å². The highest BCUT2D eigenvalue weighted by molar-refractivity contribution is 6.01.